The van der Waals surface area contributed by atoms with Crippen LogP contribution in [0, 0.1) is 12.3 Å². The Kier molecular flexibility index (Phi) is 6.31. The van der Waals surface area contributed by atoms with Crippen LogP contribution in [0.1, 0.15) is 43.7 Å². The minimum Gasteiger partial charge on any atom is -0.459 e. The lowest BCUT2D eigenvalue weighted by molar-refractivity contribution is -0.155. The number of aromatic nitrogens is 2. The smallest absolute Gasteiger partial charge is 0.332 e. The van der Waals surface area contributed by atoms with Gasteiger partial charge in [-0.25, -0.2) is 9.36 Å². The number of aryl methyl sites for hydroxylation is 3. The molecule has 3 rings (SSSR count). The number of hydrogen-bond acceptors (Lipinski definition) is 6. The van der Waals surface area contributed by atoms with Crippen LogP contribution in [0.15, 0.2) is 39.9 Å². The first-order chi connectivity index (χ1) is 14.5. The van der Waals surface area contributed by atoms with Crippen LogP contribution in [0.2, 0.25) is 0 Å². The number of esters is 1. The van der Waals surface area contributed by atoms with E-state index >= 15 is 0 Å². The van der Waals surface area contributed by atoms with Crippen molar-refractivity contribution < 1.29 is 9.53 Å². The van der Waals surface area contributed by atoms with Crippen molar-refractivity contribution >= 4 is 33.2 Å². The number of nitrogens with one attached hydrogen (secondary N) is 1. The van der Waals surface area contributed by atoms with Gasteiger partial charge in [0, 0.05) is 12.3 Å². The Morgan fingerprint density at radius 1 is 1.13 bits per heavy atom. The third-order valence-electron chi connectivity index (χ3n) is 4.81. The van der Waals surface area contributed by atoms with Crippen LogP contribution in [0.25, 0.3) is 10.2 Å². The van der Waals surface area contributed by atoms with E-state index in [1.807, 2.05) is 30.3 Å². The molecule has 0 saturated heterocycles. The van der Waals surface area contributed by atoms with Crippen molar-refractivity contribution in [2.45, 2.75) is 59.7 Å². The molecular weight excluding hydrogens is 414 g/mol. The third kappa shape index (κ3) is 4.85. The first-order valence-electron chi connectivity index (χ1n) is 10.1. The van der Waals surface area contributed by atoms with Crippen LogP contribution < -0.4 is 11.2 Å². The Bertz CT molecular complexity index is 1260. The molecule has 8 heteroatoms. The fourth-order valence-corrected chi connectivity index (χ4v) is 4.70. The van der Waals surface area contributed by atoms with Gasteiger partial charge < -0.3 is 10.1 Å². The van der Waals surface area contributed by atoms with E-state index < -0.39 is 29.4 Å². The molecule has 7 nitrogen and oxygen atoms in total. The van der Waals surface area contributed by atoms with Gasteiger partial charge in [0.25, 0.3) is 5.56 Å². The lowest BCUT2D eigenvalue weighted by Gasteiger charge is -2.20. The molecule has 0 aliphatic heterocycles. The van der Waals surface area contributed by atoms with Crippen LogP contribution in [0.4, 0.5) is 0 Å². The quantitative estimate of drug-likeness (QED) is 0.468. The minimum atomic E-state index is -0.722. The highest BCUT2D eigenvalue weighted by molar-refractivity contribution is 7.20. The van der Waals surface area contributed by atoms with Crippen LogP contribution in [0.3, 0.4) is 0 Å². The Morgan fingerprint density at radius 3 is 2.35 bits per heavy atom. The Balaban J connectivity index is 2.16. The maximum absolute atomic E-state index is 13.3. The number of nitrogens with zero attached hydrogens (tertiary/aromatic N) is 2. The van der Waals surface area contributed by atoms with Crippen molar-refractivity contribution in [1.29, 1.82) is 5.41 Å². The average molecular weight is 442 g/mol. The van der Waals surface area contributed by atoms with Gasteiger partial charge in [0.2, 0.25) is 0 Å². The van der Waals surface area contributed by atoms with Crippen LogP contribution in [0.5, 0.6) is 0 Å². The van der Waals surface area contributed by atoms with Gasteiger partial charge in [0.15, 0.2) is 0 Å². The number of carbonyl (C=O) groups excluding carboxylic acids is 1. The largest absolute Gasteiger partial charge is 0.459 e. The molecule has 3 aromatic rings. The summed E-state index contributed by atoms with van der Waals surface area (Å²) in [6, 6.07) is 9.75. The first kappa shape index (κ1) is 22.7. The molecule has 2 heterocycles. The van der Waals surface area contributed by atoms with Crippen molar-refractivity contribution in [3.05, 3.63) is 67.2 Å². The first-order valence-corrected chi connectivity index (χ1v) is 10.9. The van der Waals surface area contributed by atoms with Gasteiger partial charge in [-0.1, -0.05) is 30.3 Å². The molecule has 0 amide bonds. The predicted octanol–water partition coefficient (Wildman–Crippen LogP) is 3.51. The number of benzene rings is 1. The van der Waals surface area contributed by atoms with Gasteiger partial charge in [-0.05, 0) is 52.2 Å². The molecule has 31 heavy (non-hydrogen) atoms. The molecule has 164 valence electrons. The second-order valence-electron chi connectivity index (χ2n) is 8.51. The number of thiophene rings is 1. The van der Waals surface area contributed by atoms with Crippen molar-refractivity contribution in [2.24, 2.45) is 0 Å². The number of fused-ring (bicyclic) bond motifs is 1. The van der Waals surface area contributed by atoms with Crippen molar-refractivity contribution in [3.63, 3.8) is 0 Å². The summed E-state index contributed by atoms with van der Waals surface area (Å²) in [4.78, 5) is 40.1. The van der Waals surface area contributed by atoms with Crippen LogP contribution in [-0.4, -0.2) is 26.4 Å². The second kappa shape index (κ2) is 8.63. The Hall–Kier alpha value is -3.00. The molecule has 0 saturated carbocycles. The summed E-state index contributed by atoms with van der Waals surface area (Å²) in [5.41, 5.74) is 0.254. The molecule has 1 N–H and O–H groups in total. The fraction of sp³-hybridized carbons (Fsp3) is 0.391. The zero-order chi connectivity index (χ0) is 22.9. The van der Waals surface area contributed by atoms with Gasteiger partial charge in [-0.3, -0.25) is 14.2 Å². The molecule has 0 atom stereocenters. The van der Waals surface area contributed by atoms with Crippen LogP contribution >= 0.6 is 11.3 Å². The number of rotatable bonds is 6. The summed E-state index contributed by atoms with van der Waals surface area (Å²) in [7, 11) is 0. The van der Waals surface area contributed by atoms with Crippen LogP contribution in [-0.2, 0) is 29.0 Å². The average Bonchev–Trinajstić information content (AvgIpc) is 3.02. The number of hydrogen-bond donors (Lipinski definition) is 1. The summed E-state index contributed by atoms with van der Waals surface area (Å²) in [5, 5.41) is 8.42. The van der Waals surface area contributed by atoms with Crippen molar-refractivity contribution in [2.75, 3.05) is 0 Å². The minimum absolute atomic E-state index is 0.332. The van der Waals surface area contributed by atoms with Gasteiger partial charge in [-0.2, -0.15) is 0 Å². The topological polar surface area (TPSA) is 94.2 Å². The monoisotopic (exact) mass is 441 g/mol. The van der Waals surface area contributed by atoms with Gasteiger partial charge in [-0.15, -0.1) is 11.3 Å². The van der Waals surface area contributed by atoms with E-state index in [1.54, 1.807) is 34.6 Å². The third-order valence-corrected chi connectivity index (χ3v) is 6.24. The van der Waals surface area contributed by atoms with Crippen molar-refractivity contribution in [1.82, 2.24) is 9.13 Å². The molecule has 0 aliphatic carbocycles. The van der Waals surface area contributed by atoms with E-state index in [0.29, 0.717) is 39.3 Å². The van der Waals surface area contributed by atoms with Gasteiger partial charge >= 0.3 is 11.7 Å². The molecule has 0 fully saturated rings. The maximum atomic E-state index is 13.3. The summed E-state index contributed by atoms with van der Waals surface area (Å²) in [6.45, 7) is 8.53. The van der Waals surface area contributed by atoms with Gasteiger partial charge in [0.05, 0.1) is 10.3 Å². The fourth-order valence-electron chi connectivity index (χ4n) is 3.48. The van der Waals surface area contributed by atoms with Gasteiger partial charge in [0.1, 0.15) is 17.0 Å². The van der Waals surface area contributed by atoms with E-state index in [4.69, 9.17) is 10.1 Å². The highest BCUT2D eigenvalue weighted by Crippen LogP contribution is 2.28. The second-order valence-corrected chi connectivity index (χ2v) is 9.51. The molecule has 0 spiro atoms. The molecule has 2 aromatic heterocycles. The van der Waals surface area contributed by atoms with E-state index in [2.05, 4.69) is 0 Å². The normalized spacial score (nSPS) is 11.6. The standard InChI is InChI=1S/C23H27N3O4S/c1-14-18-20(28)26(13-17(27)30-23(3,4)5)22(29)25(21(18)31-19(14)15(2)24)12-11-16-9-7-6-8-10-16/h6-10,24H,11-13H2,1-5H3. The van der Waals surface area contributed by atoms with Crippen molar-refractivity contribution in [3.8, 4) is 0 Å². The van der Waals surface area contributed by atoms with E-state index in [1.165, 1.54) is 15.9 Å². The molecule has 0 aliphatic rings. The summed E-state index contributed by atoms with van der Waals surface area (Å²) in [5.74, 6) is -0.642. The Labute approximate surface area is 184 Å². The molecule has 0 unspecified atom stereocenters. The van der Waals surface area contributed by atoms with E-state index in [9.17, 15) is 14.4 Å². The maximum Gasteiger partial charge on any atom is 0.332 e. The van der Waals surface area contributed by atoms with E-state index in [-0.39, 0.29) is 0 Å². The molecule has 1 aromatic carbocycles. The predicted molar refractivity (Wildman–Crippen MR) is 124 cm³/mol. The Morgan fingerprint density at radius 2 is 1.77 bits per heavy atom. The zero-order valence-corrected chi connectivity index (χ0v) is 19.3. The highest BCUT2D eigenvalue weighted by atomic mass is 32.1. The molecule has 0 bridgehead atoms. The molecule has 0 radical (unpaired) electrons. The zero-order valence-electron chi connectivity index (χ0n) is 18.4. The summed E-state index contributed by atoms with van der Waals surface area (Å²) >= 11 is 1.27. The number of carbonyl (C=O) groups is 1. The molecular formula is C23H27N3O4S. The summed E-state index contributed by atoms with van der Waals surface area (Å²) < 4.78 is 7.82. The SMILES string of the molecule is CC(=N)c1sc2c(c1C)c(=O)n(CC(=O)OC(C)(C)C)c(=O)n2CCc1ccccc1. The van der Waals surface area contributed by atoms with E-state index in [0.717, 1.165) is 10.1 Å². The lowest BCUT2D eigenvalue weighted by atomic mass is 10.1. The number of ether oxygens (including phenoxy) is 1. The lowest BCUT2D eigenvalue weighted by Crippen LogP contribution is -2.42. The highest BCUT2D eigenvalue weighted by Gasteiger charge is 2.23. The summed E-state index contributed by atoms with van der Waals surface area (Å²) in [6.07, 6.45) is 0.594.